The number of amides is 1. The standard InChI is InChI=1S/C9H10N6O3S2/c1-5(16)10-8-11-6(3-19-8)4-20-9-12-13-14-15(9)2-7(17)18/h3H,2,4H2,1H3,(H,17,18)(H,10,11,16). The highest BCUT2D eigenvalue weighted by molar-refractivity contribution is 7.98. The highest BCUT2D eigenvalue weighted by Gasteiger charge is 2.11. The Bertz CT molecular complexity index is 625. The Kier molecular flexibility index (Phi) is 4.63. The second kappa shape index (κ2) is 6.43. The molecule has 9 nitrogen and oxygen atoms in total. The zero-order chi connectivity index (χ0) is 14.5. The van der Waals surface area contributed by atoms with Crippen LogP contribution in [0.25, 0.3) is 0 Å². The van der Waals surface area contributed by atoms with Crippen LogP contribution in [-0.4, -0.2) is 42.2 Å². The first-order chi connectivity index (χ1) is 9.54. The van der Waals surface area contributed by atoms with Gasteiger partial charge in [-0.2, -0.15) is 0 Å². The number of rotatable bonds is 6. The minimum absolute atomic E-state index is 0.177. The van der Waals surface area contributed by atoms with Crippen LogP contribution in [0.15, 0.2) is 10.5 Å². The molecule has 0 unspecified atom stereocenters. The van der Waals surface area contributed by atoms with E-state index in [1.54, 1.807) is 0 Å². The molecule has 0 saturated heterocycles. The van der Waals surface area contributed by atoms with Crippen molar-refractivity contribution in [1.29, 1.82) is 0 Å². The summed E-state index contributed by atoms with van der Waals surface area (Å²) in [6.45, 7) is 1.12. The molecule has 11 heteroatoms. The van der Waals surface area contributed by atoms with Gasteiger partial charge in [-0.1, -0.05) is 11.8 Å². The number of nitrogens with one attached hydrogen (secondary N) is 1. The van der Waals surface area contributed by atoms with Gasteiger partial charge in [0.1, 0.15) is 6.54 Å². The molecule has 0 fully saturated rings. The maximum Gasteiger partial charge on any atom is 0.325 e. The van der Waals surface area contributed by atoms with E-state index in [1.165, 1.54) is 34.7 Å². The Morgan fingerprint density at radius 1 is 1.55 bits per heavy atom. The van der Waals surface area contributed by atoms with E-state index < -0.39 is 5.97 Å². The third-order valence-electron chi connectivity index (χ3n) is 1.97. The predicted molar refractivity (Wildman–Crippen MR) is 71.4 cm³/mol. The minimum atomic E-state index is -1.01. The van der Waals surface area contributed by atoms with E-state index in [1.807, 2.05) is 5.38 Å². The molecular formula is C9H10N6O3S2. The van der Waals surface area contributed by atoms with Crippen molar-refractivity contribution in [3.63, 3.8) is 0 Å². The molecule has 2 aromatic rings. The van der Waals surface area contributed by atoms with E-state index in [2.05, 4.69) is 25.8 Å². The quantitative estimate of drug-likeness (QED) is 0.737. The predicted octanol–water partition coefficient (Wildman–Crippen LogP) is 0.465. The van der Waals surface area contributed by atoms with Crippen LogP contribution in [0.3, 0.4) is 0 Å². The third-order valence-corrected chi connectivity index (χ3v) is 3.77. The lowest BCUT2D eigenvalue weighted by atomic mass is 10.6. The number of carbonyl (C=O) groups excluding carboxylic acids is 1. The van der Waals surface area contributed by atoms with Gasteiger partial charge < -0.3 is 10.4 Å². The molecule has 0 bridgehead atoms. The molecular weight excluding hydrogens is 304 g/mol. The maximum absolute atomic E-state index is 10.9. The Morgan fingerprint density at radius 2 is 2.35 bits per heavy atom. The molecule has 0 saturated carbocycles. The number of hydrogen-bond acceptors (Lipinski definition) is 8. The molecule has 2 heterocycles. The van der Waals surface area contributed by atoms with Crippen LogP contribution >= 0.6 is 23.1 Å². The molecule has 0 spiro atoms. The van der Waals surface area contributed by atoms with Gasteiger partial charge in [0, 0.05) is 18.1 Å². The van der Waals surface area contributed by atoms with Crippen LogP contribution in [0.4, 0.5) is 5.13 Å². The second-order valence-corrected chi connectivity index (χ2v) is 5.43. The number of carboxylic acid groups (broad SMARTS) is 1. The summed E-state index contributed by atoms with van der Waals surface area (Å²) in [6.07, 6.45) is 0. The number of thioether (sulfide) groups is 1. The highest BCUT2D eigenvalue weighted by Crippen LogP contribution is 2.23. The molecule has 0 aliphatic rings. The zero-order valence-corrected chi connectivity index (χ0v) is 11.9. The fraction of sp³-hybridized carbons (Fsp3) is 0.333. The van der Waals surface area contributed by atoms with Crippen LogP contribution in [0.5, 0.6) is 0 Å². The van der Waals surface area contributed by atoms with E-state index in [-0.39, 0.29) is 12.5 Å². The molecule has 0 atom stereocenters. The van der Waals surface area contributed by atoms with Gasteiger partial charge in [-0.25, -0.2) is 9.67 Å². The first kappa shape index (κ1) is 14.4. The Hall–Kier alpha value is -2.01. The monoisotopic (exact) mass is 314 g/mol. The molecule has 20 heavy (non-hydrogen) atoms. The van der Waals surface area contributed by atoms with Crippen LogP contribution in [0.1, 0.15) is 12.6 Å². The molecule has 2 rings (SSSR count). The minimum Gasteiger partial charge on any atom is -0.480 e. The Balaban J connectivity index is 1.95. The summed E-state index contributed by atoms with van der Waals surface area (Å²) >= 11 is 2.60. The van der Waals surface area contributed by atoms with Gasteiger partial charge >= 0.3 is 5.97 Å². The lowest BCUT2D eigenvalue weighted by Crippen LogP contribution is -2.11. The van der Waals surface area contributed by atoms with Gasteiger partial charge in [0.25, 0.3) is 0 Å². The first-order valence-corrected chi connectivity index (χ1v) is 7.24. The number of thiazole rings is 1. The number of hydrogen-bond donors (Lipinski definition) is 2. The van der Waals surface area contributed by atoms with Crippen molar-refractivity contribution in [2.24, 2.45) is 0 Å². The van der Waals surface area contributed by atoms with Crippen LogP contribution in [0.2, 0.25) is 0 Å². The van der Waals surface area contributed by atoms with Gasteiger partial charge in [0.2, 0.25) is 11.1 Å². The lowest BCUT2D eigenvalue weighted by molar-refractivity contribution is -0.138. The van der Waals surface area contributed by atoms with Gasteiger partial charge in [-0.05, 0) is 10.4 Å². The highest BCUT2D eigenvalue weighted by atomic mass is 32.2. The molecule has 0 aliphatic carbocycles. The number of aliphatic carboxylic acids is 1. The van der Waals surface area contributed by atoms with Crippen LogP contribution in [-0.2, 0) is 21.9 Å². The summed E-state index contributed by atoms with van der Waals surface area (Å²) in [5, 5.41) is 24.8. The summed E-state index contributed by atoms with van der Waals surface area (Å²) in [6, 6.07) is 0. The normalized spacial score (nSPS) is 10.4. The smallest absolute Gasteiger partial charge is 0.325 e. The first-order valence-electron chi connectivity index (χ1n) is 5.37. The van der Waals surface area contributed by atoms with Crippen LogP contribution < -0.4 is 5.32 Å². The fourth-order valence-electron chi connectivity index (χ4n) is 1.25. The van der Waals surface area contributed by atoms with Crippen molar-refractivity contribution < 1.29 is 14.7 Å². The van der Waals surface area contributed by atoms with E-state index in [4.69, 9.17) is 5.11 Å². The van der Waals surface area contributed by atoms with Gasteiger partial charge in [-0.3, -0.25) is 9.59 Å². The molecule has 0 aliphatic heterocycles. The number of aromatic nitrogens is 5. The Labute approximate surface area is 121 Å². The number of carbonyl (C=O) groups is 2. The van der Waals surface area contributed by atoms with Gasteiger partial charge in [-0.15, -0.1) is 16.4 Å². The van der Waals surface area contributed by atoms with Crippen molar-refractivity contribution in [2.75, 3.05) is 5.32 Å². The average Bonchev–Trinajstić information content (AvgIpc) is 2.95. The Morgan fingerprint density at radius 3 is 3.05 bits per heavy atom. The topological polar surface area (TPSA) is 123 Å². The van der Waals surface area contributed by atoms with Crippen LogP contribution in [0, 0.1) is 0 Å². The number of anilines is 1. The van der Waals surface area contributed by atoms with Gasteiger partial charge in [0.05, 0.1) is 5.69 Å². The SMILES string of the molecule is CC(=O)Nc1nc(CSc2nnnn2CC(=O)O)cs1. The molecule has 0 radical (unpaired) electrons. The molecule has 1 amide bonds. The number of carboxylic acids is 1. The lowest BCUT2D eigenvalue weighted by Gasteiger charge is -1.99. The molecule has 2 N–H and O–H groups in total. The average molecular weight is 314 g/mol. The second-order valence-electron chi connectivity index (χ2n) is 3.63. The largest absolute Gasteiger partial charge is 0.480 e. The van der Waals surface area contributed by atoms with Crippen molar-refractivity contribution in [2.45, 2.75) is 24.4 Å². The summed E-state index contributed by atoms with van der Waals surface area (Å²) in [5.41, 5.74) is 0.758. The van der Waals surface area contributed by atoms with E-state index in [9.17, 15) is 9.59 Å². The third kappa shape index (κ3) is 3.99. The fourth-order valence-corrected chi connectivity index (χ4v) is 2.88. The van der Waals surface area contributed by atoms with Gasteiger partial charge in [0.15, 0.2) is 5.13 Å². The summed E-state index contributed by atoms with van der Waals surface area (Å²) < 4.78 is 1.20. The molecule has 0 aromatic carbocycles. The number of tetrazole rings is 1. The molecule has 106 valence electrons. The summed E-state index contributed by atoms with van der Waals surface area (Å²) in [4.78, 5) is 25.7. The number of nitrogens with zero attached hydrogens (tertiary/aromatic N) is 5. The van der Waals surface area contributed by atoms with E-state index in [0.29, 0.717) is 16.0 Å². The van der Waals surface area contributed by atoms with E-state index >= 15 is 0 Å². The van der Waals surface area contributed by atoms with Crippen molar-refractivity contribution in [3.8, 4) is 0 Å². The summed E-state index contributed by atoms with van der Waals surface area (Å²) in [5.74, 6) is -0.708. The summed E-state index contributed by atoms with van der Waals surface area (Å²) in [7, 11) is 0. The van der Waals surface area contributed by atoms with Crippen molar-refractivity contribution >= 4 is 40.1 Å². The molecule has 2 aromatic heterocycles. The zero-order valence-electron chi connectivity index (χ0n) is 10.3. The van der Waals surface area contributed by atoms with Crippen molar-refractivity contribution in [1.82, 2.24) is 25.2 Å². The van der Waals surface area contributed by atoms with Crippen molar-refractivity contribution in [3.05, 3.63) is 11.1 Å². The maximum atomic E-state index is 10.9. The van der Waals surface area contributed by atoms with E-state index in [0.717, 1.165) is 5.69 Å².